The predicted molar refractivity (Wildman–Crippen MR) is 115 cm³/mol. The number of carbonyl (C=O) groups is 1. The molecule has 3 N–H and O–H groups in total. The van der Waals surface area contributed by atoms with Gasteiger partial charge in [-0.2, -0.15) is 13.2 Å². The lowest BCUT2D eigenvalue weighted by atomic mass is 10.1. The molecule has 0 radical (unpaired) electrons. The van der Waals surface area contributed by atoms with Crippen LogP contribution >= 0.6 is 24.0 Å². The summed E-state index contributed by atoms with van der Waals surface area (Å²) in [7, 11) is 0. The Hall–Kier alpha value is -2.37. The molecule has 0 heterocycles. The van der Waals surface area contributed by atoms with Gasteiger partial charge >= 0.3 is 6.18 Å². The van der Waals surface area contributed by atoms with Crippen LogP contribution < -0.4 is 16.0 Å². The number of nitrogens with one attached hydrogen (secondary N) is 3. The largest absolute Gasteiger partial charge is 0.416 e. The highest BCUT2D eigenvalue weighted by atomic mass is 127. The maximum absolute atomic E-state index is 13.2. The number of alkyl halides is 3. The number of carbonyl (C=O) groups excluding carboxylic acids is 1. The van der Waals surface area contributed by atoms with Gasteiger partial charge in [0.05, 0.1) is 18.7 Å². The molecule has 0 saturated carbocycles. The fourth-order valence-corrected chi connectivity index (χ4v) is 2.35. The number of hydrogen-bond donors (Lipinski definition) is 3. The summed E-state index contributed by atoms with van der Waals surface area (Å²) in [6.07, 6.45) is -4.69. The third-order valence-corrected chi connectivity index (χ3v) is 3.60. The van der Waals surface area contributed by atoms with Crippen molar-refractivity contribution < 1.29 is 22.4 Å². The lowest BCUT2D eigenvalue weighted by Crippen LogP contribution is -2.41. The van der Waals surface area contributed by atoms with Crippen molar-refractivity contribution in [2.45, 2.75) is 19.6 Å². The van der Waals surface area contributed by atoms with Gasteiger partial charge in [-0.15, -0.1) is 24.0 Å². The quantitative estimate of drug-likeness (QED) is 0.230. The van der Waals surface area contributed by atoms with E-state index in [1.807, 2.05) is 6.07 Å². The number of halogens is 5. The van der Waals surface area contributed by atoms with Crippen LogP contribution in [-0.4, -0.2) is 25.0 Å². The van der Waals surface area contributed by atoms with Crippen LogP contribution in [0.3, 0.4) is 0 Å². The van der Waals surface area contributed by atoms with E-state index in [0.29, 0.717) is 18.3 Å². The van der Waals surface area contributed by atoms with Crippen molar-refractivity contribution >= 4 is 41.5 Å². The number of guanidine groups is 1. The Bertz CT molecular complexity index is 829. The van der Waals surface area contributed by atoms with E-state index in [1.54, 1.807) is 31.2 Å². The molecule has 0 spiro atoms. The average molecular weight is 524 g/mol. The van der Waals surface area contributed by atoms with Crippen LogP contribution in [0.2, 0.25) is 0 Å². The molecule has 0 unspecified atom stereocenters. The van der Waals surface area contributed by atoms with Gasteiger partial charge in [0, 0.05) is 12.2 Å². The number of benzene rings is 2. The first-order valence-electron chi connectivity index (χ1n) is 8.52. The zero-order chi connectivity index (χ0) is 20.6. The first-order valence-corrected chi connectivity index (χ1v) is 8.52. The summed E-state index contributed by atoms with van der Waals surface area (Å²) in [5.74, 6) is -1.14. The monoisotopic (exact) mass is 524 g/mol. The van der Waals surface area contributed by atoms with Crippen molar-refractivity contribution in [1.82, 2.24) is 10.6 Å². The zero-order valence-corrected chi connectivity index (χ0v) is 17.8. The van der Waals surface area contributed by atoms with Gasteiger partial charge in [-0.3, -0.25) is 4.79 Å². The van der Waals surface area contributed by atoms with Crippen LogP contribution in [0, 0.1) is 5.82 Å². The number of anilines is 1. The maximum atomic E-state index is 13.2. The number of rotatable bonds is 6. The molecule has 0 saturated heterocycles. The minimum Gasteiger partial charge on any atom is -0.357 e. The second-order valence-electron chi connectivity index (χ2n) is 5.76. The van der Waals surface area contributed by atoms with Crippen molar-refractivity contribution in [2.75, 3.05) is 18.4 Å². The van der Waals surface area contributed by atoms with Crippen LogP contribution in [0.4, 0.5) is 23.2 Å². The number of nitrogens with zero attached hydrogens (tertiary/aromatic N) is 1. The van der Waals surface area contributed by atoms with E-state index in [-0.39, 0.29) is 54.5 Å². The van der Waals surface area contributed by atoms with Crippen molar-refractivity contribution in [3.05, 3.63) is 65.5 Å². The summed E-state index contributed by atoms with van der Waals surface area (Å²) in [6.45, 7) is 1.77. The fourth-order valence-electron chi connectivity index (χ4n) is 2.35. The summed E-state index contributed by atoms with van der Waals surface area (Å²) in [4.78, 5) is 16.0. The molecular formula is C19H21F4IN4O. The molecule has 2 aromatic rings. The third kappa shape index (κ3) is 8.26. The van der Waals surface area contributed by atoms with Crippen LogP contribution in [0.15, 0.2) is 53.5 Å². The van der Waals surface area contributed by atoms with E-state index >= 15 is 0 Å². The van der Waals surface area contributed by atoms with E-state index in [9.17, 15) is 22.4 Å². The minimum absolute atomic E-state index is 0. The SMILES string of the molecule is CCNC(=NCc1ccc(F)cc1C(F)(F)F)NCC(=O)Nc1ccccc1.I. The lowest BCUT2D eigenvalue weighted by molar-refractivity contribution is -0.138. The first kappa shape index (κ1) is 24.7. The van der Waals surface area contributed by atoms with E-state index in [1.165, 1.54) is 0 Å². The molecule has 0 aliphatic carbocycles. The maximum Gasteiger partial charge on any atom is 0.416 e. The van der Waals surface area contributed by atoms with E-state index in [0.717, 1.165) is 12.1 Å². The van der Waals surface area contributed by atoms with Gasteiger partial charge in [0.2, 0.25) is 5.91 Å². The van der Waals surface area contributed by atoms with Crippen LogP contribution in [-0.2, 0) is 17.5 Å². The molecule has 0 aromatic heterocycles. The molecule has 1 amide bonds. The normalized spacial score (nSPS) is 11.4. The van der Waals surface area contributed by atoms with E-state index in [4.69, 9.17) is 0 Å². The molecule has 0 aliphatic heterocycles. The average Bonchev–Trinajstić information content (AvgIpc) is 2.65. The van der Waals surface area contributed by atoms with Gasteiger partial charge in [-0.1, -0.05) is 24.3 Å². The van der Waals surface area contributed by atoms with Gasteiger partial charge in [0.15, 0.2) is 5.96 Å². The molecule has 5 nitrogen and oxygen atoms in total. The lowest BCUT2D eigenvalue weighted by Gasteiger charge is -2.14. The molecule has 2 rings (SSSR count). The standard InChI is InChI=1S/C19H20F4N4O.HI/c1-2-24-18(26-12-17(28)27-15-6-4-3-5-7-15)25-11-13-8-9-14(20)10-16(13)19(21,22)23;/h3-10H,2,11-12H2,1H3,(H,27,28)(H2,24,25,26);1H. The number of hydrogen-bond acceptors (Lipinski definition) is 2. The molecule has 0 bridgehead atoms. The predicted octanol–water partition coefficient (Wildman–Crippen LogP) is 4.16. The molecule has 0 fully saturated rings. The van der Waals surface area contributed by atoms with Crippen LogP contribution in [0.25, 0.3) is 0 Å². The van der Waals surface area contributed by atoms with Gasteiger partial charge in [0.25, 0.3) is 0 Å². The highest BCUT2D eigenvalue weighted by Crippen LogP contribution is 2.32. The zero-order valence-electron chi connectivity index (χ0n) is 15.5. The highest BCUT2D eigenvalue weighted by molar-refractivity contribution is 14.0. The van der Waals surface area contributed by atoms with E-state index in [2.05, 4.69) is 20.9 Å². The number of para-hydroxylation sites is 1. The van der Waals surface area contributed by atoms with Gasteiger partial charge in [-0.25, -0.2) is 9.38 Å². The molecule has 158 valence electrons. The Kier molecular flexibility index (Phi) is 9.86. The van der Waals surface area contributed by atoms with Gasteiger partial charge in [0.1, 0.15) is 5.82 Å². The summed E-state index contributed by atoms with van der Waals surface area (Å²) in [5, 5.41) is 8.27. The minimum atomic E-state index is -4.69. The topological polar surface area (TPSA) is 65.5 Å². The Balaban J connectivity index is 0.00000420. The van der Waals surface area contributed by atoms with Crippen LogP contribution in [0.5, 0.6) is 0 Å². The second kappa shape index (κ2) is 11.6. The molecular weight excluding hydrogens is 503 g/mol. The molecule has 0 aliphatic rings. The summed E-state index contributed by atoms with van der Waals surface area (Å²) < 4.78 is 52.4. The molecule has 29 heavy (non-hydrogen) atoms. The van der Waals surface area contributed by atoms with Gasteiger partial charge < -0.3 is 16.0 Å². The molecule has 0 atom stereocenters. The van der Waals surface area contributed by atoms with E-state index < -0.39 is 17.6 Å². The van der Waals surface area contributed by atoms with Crippen molar-refractivity contribution in [3.63, 3.8) is 0 Å². The fraction of sp³-hybridized carbons (Fsp3) is 0.263. The van der Waals surface area contributed by atoms with Crippen molar-refractivity contribution in [3.8, 4) is 0 Å². The number of aliphatic imine (C=N–C) groups is 1. The number of amides is 1. The Morgan fingerprint density at radius 3 is 2.38 bits per heavy atom. The Labute approximate surface area is 183 Å². The van der Waals surface area contributed by atoms with Gasteiger partial charge in [-0.05, 0) is 36.8 Å². The summed E-state index contributed by atoms with van der Waals surface area (Å²) in [5.41, 5.74) is -0.619. The first-order chi connectivity index (χ1) is 13.3. The Morgan fingerprint density at radius 1 is 1.07 bits per heavy atom. The highest BCUT2D eigenvalue weighted by Gasteiger charge is 2.33. The third-order valence-electron chi connectivity index (χ3n) is 3.60. The summed E-state index contributed by atoms with van der Waals surface area (Å²) >= 11 is 0. The summed E-state index contributed by atoms with van der Waals surface area (Å²) in [6, 6.07) is 11.3. The van der Waals surface area contributed by atoms with Crippen molar-refractivity contribution in [1.29, 1.82) is 0 Å². The second-order valence-corrected chi connectivity index (χ2v) is 5.76. The molecule has 2 aromatic carbocycles. The molecule has 10 heteroatoms. The Morgan fingerprint density at radius 2 is 1.76 bits per heavy atom. The smallest absolute Gasteiger partial charge is 0.357 e. The van der Waals surface area contributed by atoms with Crippen LogP contribution in [0.1, 0.15) is 18.1 Å². The van der Waals surface area contributed by atoms with Crippen molar-refractivity contribution in [2.24, 2.45) is 4.99 Å².